The molecule has 0 spiro atoms. The Labute approximate surface area is 142 Å². The molecular formula is C17H25N3O4. The Hall–Kier alpha value is -2.12. The molecule has 1 fully saturated rings. The third-order valence-corrected chi connectivity index (χ3v) is 4.00. The maximum Gasteiger partial charge on any atom is 0.340 e. The predicted molar refractivity (Wildman–Crippen MR) is 92.5 cm³/mol. The Balaban J connectivity index is 2.23. The summed E-state index contributed by atoms with van der Waals surface area (Å²) in [4.78, 5) is 26.5. The van der Waals surface area contributed by atoms with E-state index < -0.39 is 5.97 Å². The number of anilines is 2. The van der Waals surface area contributed by atoms with Gasteiger partial charge in [0.2, 0.25) is 5.91 Å². The SMILES string of the molecule is CNCC(C)C(=O)Nc1ccc(N2CCOCC2)cc1C(=O)OC. The molecular weight excluding hydrogens is 310 g/mol. The molecule has 7 nitrogen and oxygen atoms in total. The summed E-state index contributed by atoms with van der Waals surface area (Å²) in [7, 11) is 3.12. The number of nitrogens with zero attached hydrogens (tertiary/aromatic N) is 1. The highest BCUT2D eigenvalue weighted by molar-refractivity contribution is 6.02. The highest BCUT2D eigenvalue weighted by atomic mass is 16.5. The van der Waals surface area contributed by atoms with Crippen molar-refractivity contribution >= 4 is 23.3 Å². The molecule has 1 amide bonds. The van der Waals surface area contributed by atoms with Gasteiger partial charge < -0.3 is 25.0 Å². The number of nitrogens with one attached hydrogen (secondary N) is 2. The fourth-order valence-corrected chi connectivity index (χ4v) is 2.59. The number of benzene rings is 1. The number of carbonyl (C=O) groups is 2. The predicted octanol–water partition coefficient (Wildman–Crippen LogP) is 1.10. The topological polar surface area (TPSA) is 79.9 Å². The smallest absolute Gasteiger partial charge is 0.340 e. The molecule has 0 saturated carbocycles. The third kappa shape index (κ3) is 4.46. The first-order chi connectivity index (χ1) is 11.6. The Morgan fingerprint density at radius 1 is 1.33 bits per heavy atom. The molecule has 132 valence electrons. The van der Waals surface area contributed by atoms with Crippen LogP contribution in [-0.2, 0) is 14.3 Å². The number of hydrogen-bond acceptors (Lipinski definition) is 6. The maximum atomic E-state index is 12.2. The van der Waals surface area contributed by atoms with E-state index in [0.717, 1.165) is 18.8 Å². The Morgan fingerprint density at radius 3 is 2.67 bits per heavy atom. The monoisotopic (exact) mass is 335 g/mol. The lowest BCUT2D eigenvalue weighted by molar-refractivity contribution is -0.119. The zero-order valence-electron chi connectivity index (χ0n) is 14.4. The van der Waals surface area contributed by atoms with Crippen LogP contribution in [0.3, 0.4) is 0 Å². The first kappa shape index (κ1) is 18.2. The van der Waals surface area contributed by atoms with Gasteiger partial charge in [-0.25, -0.2) is 4.79 Å². The number of esters is 1. The van der Waals surface area contributed by atoms with Gasteiger partial charge in [0.1, 0.15) is 0 Å². The van der Waals surface area contributed by atoms with Gasteiger partial charge in [0.25, 0.3) is 0 Å². The minimum absolute atomic E-state index is 0.145. The van der Waals surface area contributed by atoms with E-state index in [1.165, 1.54) is 7.11 Å². The highest BCUT2D eigenvalue weighted by Gasteiger charge is 2.20. The fraction of sp³-hybridized carbons (Fsp3) is 0.529. The van der Waals surface area contributed by atoms with Crippen LogP contribution in [0.1, 0.15) is 17.3 Å². The van der Waals surface area contributed by atoms with E-state index in [-0.39, 0.29) is 11.8 Å². The molecule has 0 aromatic heterocycles. The number of hydrogen-bond donors (Lipinski definition) is 2. The van der Waals surface area contributed by atoms with Crippen LogP contribution in [0.15, 0.2) is 18.2 Å². The van der Waals surface area contributed by atoms with Crippen molar-refractivity contribution in [2.45, 2.75) is 6.92 Å². The molecule has 1 aliphatic heterocycles. The molecule has 1 saturated heterocycles. The van der Waals surface area contributed by atoms with Crippen LogP contribution in [0.4, 0.5) is 11.4 Å². The van der Waals surface area contributed by atoms with E-state index in [2.05, 4.69) is 15.5 Å². The lowest BCUT2D eigenvalue weighted by Gasteiger charge is -2.29. The second-order valence-electron chi connectivity index (χ2n) is 5.77. The van der Waals surface area contributed by atoms with E-state index in [1.54, 1.807) is 19.2 Å². The standard InChI is InChI=1S/C17H25N3O4/c1-12(11-18-2)16(21)19-15-5-4-13(10-14(15)17(22)23-3)20-6-8-24-9-7-20/h4-5,10,12,18H,6-9,11H2,1-3H3,(H,19,21). The van der Waals surface area contributed by atoms with Gasteiger partial charge in [0.15, 0.2) is 0 Å². The van der Waals surface area contributed by atoms with E-state index in [4.69, 9.17) is 9.47 Å². The minimum Gasteiger partial charge on any atom is -0.465 e. The van der Waals surface area contributed by atoms with Crippen molar-refractivity contribution in [3.63, 3.8) is 0 Å². The molecule has 1 aromatic rings. The van der Waals surface area contributed by atoms with Gasteiger partial charge in [-0.15, -0.1) is 0 Å². The van der Waals surface area contributed by atoms with Gasteiger partial charge in [-0.2, -0.15) is 0 Å². The number of rotatable bonds is 6. The van der Waals surface area contributed by atoms with Crippen molar-refractivity contribution in [3.8, 4) is 0 Å². The number of carbonyl (C=O) groups excluding carboxylic acids is 2. The van der Waals surface area contributed by atoms with E-state index in [1.807, 2.05) is 13.0 Å². The van der Waals surface area contributed by atoms with Crippen LogP contribution in [0.2, 0.25) is 0 Å². The Morgan fingerprint density at radius 2 is 2.04 bits per heavy atom. The average molecular weight is 335 g/mol. The zero-order chi connectivity index (χ0) is 17.5. The molecule has 24 heavy (non-hydrogen) atoms. The second kappa shape index (κ2) is 8.65. The summed E-state index contributed by atoms with van der Waals surface area (Å²) in [6.45, 7) is 5.25. The Kier molecular flexibility index (Phi) is 6.57. The summed E-state index contributed by atoms with van der Waals surface area (Å²) in [6, 6.07) is 5.41. The number of methoxy groups -OCH3 is 1. The van der Waals surface area contributed by atoms with Crippen molar-refractivity contribution in [1.82, 2.24) is 5.32 Å². The lowest BCUT2D eigenvalue weighted by atomic mass is 10.1. The van der Waals surface area contributed by atoms with Gasteiger partial charge in [0, 0.05) is 31.2 Å². The van der Waals surface area contributed by atoms with E-state index >= 15 is 0 Å². The third-order valence-electron chi connectivity index (χ3n) is 4.00. The number of ether oxygens (including phenoxy) is 2. The molecule has 1 aromatic carbocycles. The number of amides is 1. The molecule has 0 aliphatic carbocycles. The lowest BCUT2D eigenvalue weighted by Crippen LogP contribution is -2.36. The van der Waals surface area contributed by atoms with Crippen LogP contribution in [0.25, 0.3) is 0 Å². The molecule has 1 heterocycles. The first-order valence-electron chi connectivity index (χ1n) is 8.07. The van der Waals surface area contributed by atoms with Crippen LogP contribution in [0, 0.1) is 5.92 Å². The molecule has 7 heteroatoms. The average Bonchev–Trinajstić information content (AvgIpc) is 2.62. The summed E-state index contributed by atoms with van der Waals surface area (Å²) in [5.41, 5.74) is 1.73. The van der Waals surface area contributed by atoms with Crippen LogP contribution < -0.4 is 15.5 Å². The maximum absolute atomic E-state index is 12.2. The van der Waals surface area contributed by atoms with Crippen molar-refractivity contribution < 1.29 is 19.1 Å². The van der Waals surface area contributed by atoms with Crippen LogP contribution in [-0.4, -0.2) is 58.9 Å². The normalized spacial score (nSPS) is 15.7. The quantitative estimate of drug-likeness (QED) is 0.758. The summed E-state index contributed by atoms with van der Waals surface area (Å²) < 4.78 is 10.2. The van der Waals surface area contributed by atoms with Gasteiger partial charge >= 0.3 is 5.97 Å². The van der Waals surface area contributed by atoms with Crippen molar-refractivity contribution in [2.24, 2.45) is 5.92 Å². The second-order valence-corrected chi connectivity index (χ2v) is 5.77. The van der Waals surface area contributed by atoms with Crippen molar-refractivity contribution in [1.29, 1.82) is 0 Å². The molecule has 2 N–H and O–H groups in total. The number of morpholine rings is 1. The minimum atomic E-state index is -0.471. The molecule has 1 unspecified atom stereocenters. The summed E-state index contributed by atoms with van der Waals surface area (Å²) in [5, 5.41) is 5.78. The van der Waals surface area contributed by atoms with Gasteiger partial charge in [-0.1, -0.05) is 6.92 Å². The summed E-state index contributed by atoms with van der Waals surface area (Å²) in [5.74, 6) is -0.824. The first-order valence-corrected chi connectivity index (χ1v) is 8.07. The Bertz CT molecular complexity index is 585. The van der Waals surface area contributed by atoms with E-state index in [0.29, 0.717) is 31.0 Å². The van der Waals surface area contributed by atoms with Crippen molar-refractivity contribution in [3.05, 3.63) is 23.8 Å². The van der Waals surface area contributed by atoms with Gasteiger partial charge in [-0.3, -0.25) is 4.79 Å². The van der Waals surface area contributed by atoms with Crippen LogP contribution >= 0.6 is 0 Å². The highest BCUT2D eigenvalue weighted by Crippen LogP contribution is 2.25. The van der Waals surface area contributed by atoms with E-state index in [9.17, 15) is 9.59 Å². The molecule has 2 rings (SSSR count). The van der Waals surface area contributed by atoms with Crippen molar-refractivity contribution in [2.75, 3.05) is 57.2 Å². The largest absolute Gasteiger partial charge is 0.465 e. The zero-order valence-corrected chi connectivity index (χ0v) is 14.4. The molecule has 0 radical (unpaired) electrons. The fourth-order valence-electron chi connectivity index (χ4n) is 2.59. The summed E-state index contributed by atoms with van der Waals surface area (Å²) >= 11 is 0. The van der Waals surface area contributed by atoms with Crippen LogP contribution in [0.5, 0.6) is 0 Å². The summed E-state index contributed by atoms with van der Waals surface area (Å²) in [6.07, 6.45) is 0. The van der Waals surface area contributed by atoms with Gasteiger partial charge in [-0.05, 0) is 25.2 Å². The molecule has 0 bridgehead atoms. The van der Waals surface area contributed by atoms with Gasteiger partial charge in [0.05, 0.1) is 31.6 Å². The molecule has 1 aliphatic rings. The molecule has 1 atom stereocenters.